The van der Waals surface area contributed by atoms with Gasteiger partial charge in [-0.2, -0.15) is 5.10 Å². The van der Waals surface area contributed by atoms with Crippen LogP contribution in [0.1, 0.15) is 80.4 Å². The van der Waals surface area contributed by atoms with E-state index in [0.29, 0.717) is 5.92 Å². The van der Waals surface area contributed by atoms with Crippen LogP contribution in [-0.4, -0.2) is 56.1 Å². The van der Waals surface area contributed by atoms with Crippen molar-refractivity contribution in [1.29, 1.82) is 0 Å². The monoisotopic (exact) mass is 382 g/mol. The van der Waals surface area contributed by atoms with Gasteiger partial charge in [0, 0.05) is 55.5 Å². The third-order valence-corrected chi connectivity index (χ3v) is 7.62. The molecule has 28 heavy (non-hydrogen) atoms. The van der Waals surface area contributed by atoms with Crippen molar-refractivity contribution in [3.8, 4) is 0 Å². The highest BCUT2D eigenvalue weighted by molar-refractivity contribution is 5.27. The normalized spacial score (nSPS) is 23.9. The number of imidazole rings is 1. The zero-order valence-electron chi connectivity index (χ0n) is 17.2. The van der Waals surface area contributed by atoms with E-state index >= 15 is 0 Å². The standard InChI is InChI=1S/C22H34N6/c1-2-28-11-8-19-21(24-16-23-19)22(28)9-12-27(13-10-22)15-18-14-25-26-20(18)17-6-4-3-5-7-17/h14,16-17H,2-13,15H2,1H3,(H,23,24)(H,25,26). The molecule has 3 aliphatic rings. The first-order valence-electron chi connectivity index (χ1n) is 11.3. The van der Waals surface area contributed by atoms with Gasteiger partial charge in [0.2, 0.25) is 0 Å². The molecule has 2 aromatic rings. The molecule has 6 nitrogen and oxygen atoms in total. The van der Waals surface area contributed by atoms with E-state index in [0.717, 1.165) is 39.1 Å². The molecule has 152 valence electrons. The summed E-state index contributed by atoms with van der Waals surface area (Å²) in [6.45, 7) is 7.88. The van der Waals surface area contributed by atoms with E-state index < -0.39 is 0 Å². The fraction of sp³-hybridized carbons (Fsp3) is 0.727. The zero-order valence-corrected chi connectivity index (χ0v) is 17.2. The van der Waals surface area contributed by atoms with Crippen molar-refractivity contribution in [2.24, 2.45) is 0 Å². The van der Waals surface area contributed by atoms with Crippen LogP contribution in [0, 0.1) is 0 Å². The number of hydrogen-bond donors (Lipinski definition) is 2. The number of H-pyrrole nitrogens is 2. The Morgan fingerprint density at radius 1 is 1.14 bits per heavy atom. The largest absolute Gasteiger partial charge is 0.348 e. The number of piperidine rings is 1. The van der Waals surface area contributed by atoms with E-state index in [1.54, 1.807) is 0 Å². The maximum atomic E-state index is 4.78. The molecule has 1 saturated carbocycles. The fourth-order valence-electron chi connectivity index (χ4n) is 6.05. The van der Waals surface area contributed by atoms with E-state index in [9.17, 15) is 0 Å². The lowest BCUT2D eigenvalue weighted by atomic mass is 9.78. The second kappa shape index (κ2) is 7.64. The molecule has 2 aromatic heterocycles. The van der Waals surface area contributed by atoms with Gasteiger partial charge in [-0.05, 0) is 32.2 Å². The summed E-state index contributed by atoms with van der Waals surface area (Å²) in [4.78, 5) is 13.5. The molecule has 6 heteroatoms. The Hall–Kier alpha value is -1.66. The number of aromatic amines is 2. The number of likely N-dealkylation sites (tertiary alicyclic amines) is 1. The lowest BCUT2D eigenvalue weighted by Crippen LogP contribution is -2.56. The number of hydrogen-bond acceptors (Lipinski definition) is 4. The summed E-state index contributed by atoms with van der Waals surface area (Å²) in [5, 5.41) is 7.77. The highest BCUT2D eigenvalue weighted by Crippen LogP contribution is 2.42. The van der Waals surface area contributed by atoms with Crippen molar-refractivity contribution in [1.82, 2.24) is 30.0 Å². The van der Waals surface area contributed by atoms with Crippen LogP contribution in [0.15, 0.2) is 12.5 Å². The molecule has 0 unspecified atom stereocenters. The first kappa shape index (κ1) is 18.4. The Morgan fingerprint density at radius 3 is 2.75 bits per heavy atom. The highest BCUT2D eigenvalue weighted by Gasteiger charge is 2.45. The maximum absolute atomic E-state index is 4.78. The van der Waals surface area contributed by atoms with Gasteiger partial charge < -0.3 is 4.98 Å². The lowest BCUT2D eigenvalue weighted by molar-refractivity contribution is 0.00701. The number of aromatic nitrogens is 4. The van der Waals surface area contributed by atoms with Crippen LogP contribution in [0.25, 0.3) is 0 Å². The van der Waals surface area contributed by atoms with E-state index in [1.165, 1.54) is 67.6 Å². The zero-order chi connectivity index (χ0) is 19.0. The average molecular weight is 383 g/mol. The molecular weight excluding hydrogens is 348 g/mol. The molecule has 0 radical (unpaired) electrons. The summed E-state index contributed by atoms with van der Waals surface area (Å²) in [6.07, 6.45) is 14.2. The second-order valence-electron chi connectivity index (χ2n) is 9.01. The molecule has 0 amide bonds. The molecule has 5 rings (SSSR count). The minimum absolute atomic E-state index is 0.140. The Morgan fingerprint density at radius 2 is 1.96 bits per heavy atom. The van der Waals surface area contributed by atoms with Crippen molar-refractivity contribution in [3.05, 3.63) is 35.2 Å². The molecule has 1 saturated heterocycles. The van der Waals surface area contributed by atoms with E-state index in [2.05, 4.69) is 38.1 Å². The van der Waals surface area contributed by atoms with Gasteiger partial charge in [-0.1, -0.05) is 26.2 Å². The number of rotatable bonds is 4. The third-order valence-electron chi connectivity index (χ3n) is 7.62. The first-order chi connectivity index (χ1) is 13.8. The molecule has 0 bridgehead atoms. The topological polar surface area (TPSA) is 63.8 Å². The summed E-state index contributed by atoms with van der Waals surface area (Å²) < 4.78 is 0. The molecule has 2 fully saturated rings. The van der Waals surface area contributed by atoms with Gasteiger partial charge in [0.25, 0.3) is 0 Å². The van der Waals surface area contributed by atoms with E-state index in [1.807, 2.05) is 6.33 Å². The molecule has 1 aliphatic carbocycles. The highest BCUT2D eigenvalue weighted by atomic mass is 15.3. The fourth-order valence-corrected chi connectivity index (χ4v) is 6.05. The molecule has 2 aliphatic heterocycles. The van der Waals surface area contributed by atoms with Crippen LogP contribution in [0.4, 0.5) is 0 Å². The van der Waals surface area contributed by atoms with E-state index in [-0.39, 0.29) is 5.54 Å². The van der Waals surface area contributed by atoms with Crippen molar-refractivity contribution in [3.63, 3.8) is 0 Å². The second-order valence-corrected chi connectivity index (χ2v) is 9.01. The number of nitrogens with zero attached hydrogens (tertiary/aromatic N) is 4. The van der Waals surface area contributed by atoms with E-state index in [4.69, 9.17) is 4.98 Å². The summed E-state index contributed by atoms with van der Waals surface area (Å²) >= 11 is 0. The minimum Gasteiger partial charge on any atom is -0.348 e. The van der Waals surface area contributed by atoms with Crippen LogP contribution in [0.2, 0.25) is 0 Å². The quantitative estimate of drug-likeness (QED) is 0.849. The van der Waals surface area contributed by atoms with Crippen LogP contribution in [-0.2, 0) is 18.5 Å². The van der Waals surface area contributed by atoms with Crippen LogP contribution in [0.5, 0.6) is 0 Å². The van der Waals surface area contributed by atoms with Crippen molar-refractivity contribution in [2.75, 3.05) is 26.2 Å². The van der Waals surface area contributed by atoms with Gasteiger partial charge in [0.1, 0.15) is 0 Å². The molecular formula is C22H34N6. The number of fused-ring (bicyclic) bond motifs is 2. The molecule has 2 N–H and O–H groups in total. The molecule has 1 spiro atoms. The Kier molecular flexibility index (Phi) is 5.01. The predicted molar refractivity (Wildman–Crippen MR) is 110 cm³/mol. The first-order valence-corrected chi connectivity index (χ1v) is 11.3. The van der Waals surface area contributed by atoms with Gasteiger partial charge in [0.15, 0.2) is 0 Å². The third kappa shape index (κ3) is 3.11. The van der Waals surface area contributed by atoms with Crippen LogP contribution < -0.4 is 0 Å². The Labute approximate surface area is 168 Å². The SMILES string of the molecule is CCN1CCc2[nH]cnc2C12CCN(Cc1cn[nH]c1C1CCCCC1)CC2. The van der Waals surface area contributed by atoms with Crippen molar-refractivity contribution < 1.29 is 0 Å². The van der Waals surface area contributed by atoms with Crippen molar-refractivity contribution in [2.45, 2.75) is 76.3 Å². The lowest BCUT2D eigenvalue weighted by Gasteiger charge is -2.50. The summed E-state index contributed by atoms with van der Waals surface area (Å²) in [5.74, 6) is 0.697. The van der Waals surface area contributed by atoms with Gasteiger partial charge in [0.05, 0.1) is 23.8 Å². The number of nitrogens with one attached hydrogen (secondary N) is 2. The van der Waals surface area contributed by atoms with Gasteiger partial charge in [-0.3, -0.25) is 14.9 Å². The van der Waals surface area contributed by atoms with Gasteiger partial charge in [-0.25, -0.2) is 4.98 Å². The Balaban J connectivity index is 1.29. The minimum atomic E-state index is 0.140. The Bertz CT molecular complexity index is 779. The number of likely N-dealkylation sites (N-methyl/N-ethyl adjacent to an activating group) is 1. The molecule has 4 heterocycles. The van der Waals surface area contributed by atoms with Crippen molar-refractivity contribution >= 4 is 0 Å². The average Bonchev–Trinajstić information content (AvgIpc) is 3.41. The molecule has 0 aromatic carbocycles. The maximum Gasteiger partial charge on any atom is 0.0926 e. The summed E-state index contributed by atoms with van der Waals surface area (Å²) in [5.41, 5.74) is 5.68. The summed E-state index contributed by atoms with van der Waals surface area (Å²) in [7, 11) is 0. The van der Waals surface area contributed by atoms with Gasteiger partial charge >= 0.3 is 0 Å². The predicted octanol–water partition coefficient (Wildman–Crippen LogP) is 3.55. The van der Waals surface area contributed by atoms with Crippen LogP contribution in [0.3, 0.4) is 0 Å². The van der Waals surface area contributed by atoms with Gasteiger partial charge in [-0.15, -0.1) is 0 Å². The van der Waals surface area contributed by atoms with Crippen LogP contribution >= 0.6 is 0 Å². The smallest absolute Gasteiger partial charge is 0.0926 e. The molecule has 0 atom stereocenters. The summed E-state index contributed by atoms with van der Waals surface area (Å²) in [6, 6.07) is 0.